The highest BCUT2D eigenvalue weighted by atomic mass is 16.4. The Morgan fingerprint density at radius 2 is 1.88 bits per heavy atom. The fourth-order valence-corrected chi connectivity index (χ4v) is 2.90. The second-order valence-corrected chi connectivity index (χ2v) is 5.91. The lowest BCUT2D eigenvalue weighted by Gasteiger charge is -2.15. The maximum absolute atomic E-state index is 12.3. The zero-order valence-electron chi connectivity index (χ0n) is 13.4. The van der Waals surface area contributed by atoms with Crippen LogP contribution in [-0.4, -0.2) is 29.2 Å². The van der Waals surface area contributed by atoms with E-state index in [0.717, 1.165) is 37.1 Å². The Labute approximate surface area is 143 Å². The molecule has 0 bridgehead atoms. The Bertz CT molecular complexity index is 976. The van der Waals surface area contributed by atoms with Crippen molar-refractivity contribution in [3.05, 3.63) is 58.6 Å². The van der Waals surface area contributed by atoms with Crippen LogP contribution in [-0.2, 0) is 0 Å². The van der Waals surface area contributed by atoms with E-state index < -0.39 is 11.5 Å². The van der Waals surface area contributed by atoms with Crippen molar-refractivity contribution in [1.29, 1.82) is 0 Å². The number of benzene rings is 1. The Hall–Kier alpha value is -3.22. The third-order valence-corrected chi connectivity index (χ3v) is 4.20. The van der Waals surface area contributed by atoms with Crippen molar-refractivity contribution in [2.45, 2.75) is 12.8 Å². The summed E-state index contributed by atoms with van der Waals surface area (Å²) in [6, 6.07) is 12.1. The molecule has 1 fully saturated rings. The fraction of sp³-hybridized carbons (Fsp3) is 0.222. The smallest absolute Gasteiger partial charge is 0.360 e. The molecule has 0 unspecified atom stereocenters. The average molecular weight is 336 g/mol. The van der Waals surface area contributed by atoms with E-state index in [9.17, 15) is 9.59 Å². The highest BCUT2D eigenvalue weighted by Crippen LogP contribution is 2.18. The molecule has 1 amide bonds. The number of hydrogen-bond donors (Lipinski definition) is 1. The SMILES string of the molecule is O=C(Nc1cc2ccccc2oc1=O)c1ccc(N2CCCC2)nn1. The van der Waals surface area contributed by atoms with Crippen LogP contribution >= 0.6 is 0 Å². The molecule has 3 heterocycles. The van der Waals surface area contributed by atoms with E-state index in [4.69, 9.17) is 4.42 Å². The molecule has 1 aliphatic rings. The Morgan fingerprint density at radius 1 is 1.08 bits per heavy atom. The second kappa shape index (κ2) is 6.35. The highest BCUT2D eigenvalue weighted by molar-refractivity contribution is 6.03. The van der Waals surface area contributed by atoms with Gasteiger partial charge in [0.15, 0.2) is 11.5 Å². The van der Waals surface area contributed by atoms with Gasteiger partial charge in [0.1, 0.15) is 11.3 Å². The molecule has 1 saturated heterocycles. The minimum atomic E-state index is -0.603. The van der Waals surface area contributed by atoms with Crippen molar-refractivity contribution in [2.75, 3.05) is 23.3 Å². The van der Waals surface area contributed by atoms with Gasteiger partial charge in [-0.3, -0.25) is 4.79 Å². The summed E-state index contributed by atoms with van der Waals surface area (Å²) >= 11 is 0. The molecule has 3 aromatic rings. The quantitative estimate of drug-likeness (QED) is 0.739. The van der Waals surface area contributed by atoms with Crippen molar-refractivity contribution in [3.8, 4) is 0 Å². The number of anilines is 2. The summed E-state index contributed by atoms with van der Waals surface area (Å²) in [5, 5.41) is 11.4. The topological polar surface area (TPSA) is 88.3 Å². The van der Waals surface area contributed by atoms with Gasteiger partial charge in [0.2, 0.25) is 0 Å². The van der Waals surface area contributed by atoms with E-state index in [0.29, 0.717) is 5.58 Å². The fourth-order valence-electron chi connectivity index (χ4n) is 2.90. The van der Waals surface area contributed by atoms with Crippen LogP contribution in [0.3, 0.4) is 0 Å². The predicted octanol–water partition coefficient (Wildman–Crippen LogP) is 2.44. The summed E-state index contributed by atoms with van der Waals surface area (Å²) in [5.41, 5.74) is 0.0959. The summed E-state index contributed by atoms with van der Waals surface area (Å²) in [7, 11) is 0. The molecule has 1 N–H and O–H groups in total. The molecule has 25 heavy (non-hydrogen) atoms. The molecule has 0 radical (unpaired) electrons. The van der Waals surface area contributed by atoms with Gasteiger partial charge >= 0.3 is 5.63 Å². The van der Waals surface area contributed by atoms with E-state index in [1.165, 1.54) is 0 Å². The summed E-state index contributed by atoms with van der Waals surface area (Å²) < 4.78 is 5.20. The minimum absolute atomic E-state index is 0.0779. The molecular formula is C18H16N4O3. The summed E-state index contributed by atoms with van der Waals surface area (Å²) in [4.78, 5) is 26.5. The molecular weight excluding hydrogens is 320 g/mol. The molecule has 7 nitrogen and oxygen atoms in total. The first kappa shape index (κ1) is 15.3. The van der Waals surface area contributed by atoms with Crippen LogP contribution < -0.4 is 15.8 Å². The molecule has 0 saturated carbocycles. The standard InChI is InChI=1S/C18H16N4O3/c23-17(13-7-8-16(21-20-13)22-9-3-4-10-22)19-14-11-12-5-1-2-6-15(12)25-18(14)24/h1-2,5-8,11H,3-4,9-10H2,(H,19,23). The molecule has 0 aliphatic carbocycles. The first-order chi connectivity index (χ1) is 12.2. The highest BCUT2D eigenvalue weighted by Gasteiger charge is 2.16. The molecule has 1 aliphatic heterocycles. The number of carbonyl (C=O) groups is 1. The maximum atomic E-state index is 12.3. The van der Waals surface area contributed by atoms with Gasteiger partial charge in [0, 0.05) is 18.5 Å². The number of nitrogens with zero attached hydrogens (tertiary/aromatic N) is 3. The maximum Gasteiger partial charge on any atom is 0.360 e. The number of nitrogens with one attached hydrogen (secondary N) is 1. The average Bonchev–Trinajstić information content (AvgIpc) is 3.17. The van der Waals surface area contributed by atoms with E-state index in [1.54, 1.807) is 36.4 Å². The van der Waals surface area contributed by atoms with Crippen molar-refractivity contribution in [1.82, 2.24) is 10.2 Å². The molecule has 126 valence electrons. The predicted molar refractivity (Wildman–Crippen MR) is 93.9 cm³/mol. The first-order valence-corrected chi connectivity index (χ1v) is 8.14. The molecule has 0 atom stereocenters. The number of rotatable bonds is 3. The zero-order chi connectivity index (χ0) is 17.2. The van der Waals surface area contributed by atoms with Gasteiger partial charge in [-0.15, -0.1) is 10.2 Å². The van der Waals surface area contributed by atoms with Gasteiger partial charge in [0.05, 0.1) is 0 Å². The van der Waals surface area contributed by atoms with Crippen LogP contribution in [0, 0.1) is 0 Å². The van der Waals surface area contributed by atoms with Crippen LogP contribution in [0.1, 0.15) is 23.3 Å². The van der Waals surface area contributed by atoms with Crippen LogP contribution in [0.5, 0.6) is 0 Å². The van der Waals surface area contributed by atoms with Gasteiger partial charge in [0.25, 0.3) is 5.91 Å². The Morgan fingerprint density at radius 3 is 2.64 bits per heavy atom. The van der Waals surface area contributed by atoms with Crippen molar-refractivity contribution >= 4 is 28.4 Å². The summed E-state index contributed by atoms with van der Waals surface area (Å²) in [6.45, 7) is 1.91. The number of fused-ring (bicyclic) bond motifs is 1. The van der Waals surface area contributed by atoms with E-state index >= 15 is 0 Å². The van der Waals surface area contributed by atoms with Gasteiger partial charge in [-0.2, -0.15) is 0 Å². The zero-order valence-corrected chi connectivity index (χ0v) is 13.4. The Balaban J connectivity index is 1.55. The molecule has 7 heteroatoms. The first-order valence-electron chi connectivity index (χ1n) is 8.14. The molecule has 0 spiro atoms. The number of para-hydroxylation sites is 1. The monoisotopic (exact) mass is 336 g/mol. The van der Waals surface area contributed by atoms with Crippen LogP contribution in [0.2, 0.25) is 0 Å². The van der Waals surface area contributed by atoms with Gasteiger partial charge < -0.3 is 14.6 Å². The van der Waals surface area contributed by atoms with E-state index in [2.05, 4.69) is 20.4 Å². The molecule has 4 rings (SSSR count). The lowest BCUT2D eigenvalue weighted by molar-refractivity contribution is 0.102. The van der Waals surface area contributed by atoms with Gasteiger partial charge in [-0.25, -0.2) is 4.79 Å². The summed E-state index contributed by atoms with van der Waals surface area (Å²) in [6.07, 6.45) is 2.28. The normalized spacial score (nSPS) is 14.0. The lowest BCUT2D eigenvalue weighted by atomic mass is 10.2. The molecule has 1 aromatic carbocycles. The minimum Gasteiger partial charge on any atom is -0.421 e. The third kappa shape index (κ3) is 3.08. The lowest BCUT2D eigenvalue weighted by Crippen LogP contribution is -2.22. The number of hydrogen-bond acceptors (Lipinski definition) is 6. The molecule has 2 aromatic heterocycles. The van der Waals surface area contributed by atoms with Crippen molar-refractivity contribution in [2.24, 2.45) is 0 Å². The van der Waals surface area contributed by atoms with Crippen LogP contribution in [0.15, 0.2) is 51.7 Å². The van der Waals surface area contributed by atoms with E-state index in [1.807, 2.05) is 6.07 Å². The summed E-state index contributed by atoms with van der Waals surface area (Å²) in [5.74, 6) is 0.266. The largest absolute Gasteiger partial charge is 0.421 e. The Kier molecular flexibility index (Phi) is 3.89. The van der Waals surface area contributed by atoms with Gasteiger partial charge in [-0.05, 0) is 37.1 Å². The number of carbonyl (C=O) groups excluding carboxylic acids is 1. The van der Waals surface area contributed by atoms with Crippen molar-refractivity contribution < 1.29 is 9.21 Å². The van der Waals surface area contributed by atoms with Crippen molar-refractivity contribution in [3.63, 3.8) is 0 Å². The number of aromatic nitrogens is 2. The van der Waals surface area contributed by atoms with Crippen LogP contribution in [0.4, 0.5) is 11.5 Å². The third-order valence-electron chi connectivity index (χ3n) is 4.20. The number of amides is 1. The van der Waals surface area contributed by atoms with Crippen LogP contribution in [0.25, 0.3) is 11.0 Å². The van der Waals surface area contributed by atoms with E-state index in [-0.39, 0.29) is 11.4 Å². The second-order valence-electron chi connectivity index (χ2n) is 5.91. The van der Waals surface area contributed by atoms with Gasteiger partial charge in [-0.1, -0.05) is 18.2 Å².